The summed E-state index contributed by atoms with van der Waals surface area (Å²) >= 11 is 0. The molecule has 1 amide bonds. The molecule has 36 heavy (non-hydrogen) atoms. The number of aryl methyl sites for hydroxylation is 1. The Labute approximate surface area is 216 Å². The van der Waals surface area contributed by atoms with Crippen LogP contribution in [-0.4, -0.2) is 30.4 Å². The molecular formula is C30H44FN3O2. The lowest BCUT2D eigenvalue weighted by Gasteiger charge is -2.27. The number of benzene rings is 2. The van der Waals surface area contributed by atoms with E-state index >= 15 is 0 Å². The molecule has 0 bridgehead atoms. The molecule has 0 saturated heterocycles. The number of anilines is 1. The normalized spacial score (nSPS) is 11.2. The Bertz CT molecular complexity index is 1170. The first kappa shape index (κ1) is 31.0. The minimum Gasteiger partial charge on any atom is -0.384 e. The van der Waals surface area contributed by atoms with E-state index < -0.39 is 5.41 Å². The van der Waals surface area contributed by atoms with Crippen molar-refractivity contribution in [2.24, 2.45) is 5.41 Å². The summed E-state index contributed by atoms with van der Waals surface area (Å²) in [4.78, 5) is 12.6. The smallest absolute Gasteiger partial charge is 0.229 e. The molecule has 0 spiro atoms. The van der Waals surface area contributed by atoms with Gasteiger partial charge in [-0.3, -0.25) is 4.79 Å². The first-order chi connectivity index (χ1) is 16.9. The third-order valence-electron chi connectivity index (χ3n) is 5.71. The van der Waals surface area contributed by atoms with Crippen molar-refractivity contribution in [1.82, 2.24) is 4.57 Å². The molecule has 0 fully saturated rings. The Morgan fingerprint density at radius 3 is 2.08 bits per heavy atom. The summed E-state index contributed by atoms with van der Waals surface area (Å²) in [5.74, 6) is -0.414. The number of fused-ring (bicyclic) bond motifs is 1. The molecule has 1 heterocycles. The van der Waals surface area contributed by atoms with Gasteiger partial charge in [-0.2, -0.15) is 0 Å². The molecule has 1 aromatic heterocycles. The van der Waals surface area contributed by atoms with E-state index in [1.54, 1.807) is 19.2 Å². The number of hydrogen-bond donors (Lipinski definition) is 2. The third-order valence-corrected chi connectivity index (χ3v) is 5.71. The van der Waals surface area contributed by atoms with Gasteiger partial charge in [-0.1, -0.05) is 62.3 Å². The van der Waals surface area contributed by atoms with E-state index in [4.69, 9.17) is 10.1 Å². The van der Waals surface area contributed by atoms with E-state index in [1.165, 1.54) is 18.3 Å². The highest BCUT2D eigenvalue weighted by Crippen LogP contribution is 2.39. The maximum absolute atomic E-state index is 13.7. The number of ether oxygens (including phenoxy) is 1. The summed E-state index contributed by atoms with van der Waals surface area (Å²) in [6.07, 6.45) is 1.25. The van der Waals surface area contributed by atoms with Crippen LogP contribution < -0.4 is 5.32 Å². The van der Waals surface area contributed by atoms with Gasteiger partial charge in [0, 0.05) is 46.5 Å². The monoisotopic (exact) mass is 497 g/mol. The van der Waals surface area contributed by atoms with Gasteiger partial charge in [-0.15, -0.1) is 0 Å². The molecule has 2 aromatic carbocycles. The number of hydrogen-bond acceptors (Lipinski definition) is 3. The van der Waals surface area contributed by atoms with Crippen molar-refractivity contribution in [3.05, 3.63) is 59.0 Å². The standard InChI is InChI=1S/C26H32FN3O2.2C2H6/c1-16-20-13-21(29-24(31)25(2,3)4)17(14-28)12-22(20)30(19-10-8-18(27)9-11-19)23(16)26(5,6)15-32-7;2*1-2/h8-14,28H,15H2,1-7H3,(H,29,31);2*1-2H3. The van der Waals surface area contributed by atoms with Crippen molar-refractivity contribution in [1.29, 1.82) is 5.41 Å². The van der Waals surface area contributed by atoms with Gasteiger partial charge in [-0.05, 0) is 48.9 Å². The van der Waals surface area contributed by atoms with Crippen molar-refractivity contribution in [3.63, 3.8) is 0 Å². The van der Waals surface area contributed by atoms with E-state index in [1.807, 2.05) is 60.6 Å². The van der Waals surface area contributed by atoms with Crippen molar-refractivity contribution >= 4 is 28.7 Å². The Balaban J connectivity index is 0.00000154. The quantitative estimate of drug-likeness (QED) is 0.338. The van der Waals surface area contributed by atoms with Crippen LogP contribution in [0.15, 0.2) is 36.4 Å². The van der Waals surface area contributed by atoms with Crippen LogP contribution in [0.5, 0.6) is 0 Å². The molecule has 2 N–H and O–H groups in total. The highest BCUT2D eigenvalue weighted by atomic mass is 19.1. The van der Waals surface area contributed by atoms with Crippen molar-refractivity contribution < 1.29 is 13.9 Å². The Kier molecular flexibility index (Phi) is 11.0. The summed E-state index contributed by atoms with van der Waals surface area (Å²) < 4.78 is 21.3. The van der Waals surface area contributed by atoms with E-state index in [9.17, 15) is 9.18 Å². The second-order valence-corrected chi connectivity index (χ2v) is 9.91. The lowest BCUT2D eigenvalue weighted by molar-refractivity contribution is -0.123. The van der Waals surface area contributed by atoms with E-state index in [2.05, 4.69) is 30.7 Å². The molecule has 0 radical (unpaired) electrons. The molecule has 0 aliphatic heterocycles. The minimum absolute atomic E-state index is 0.115. The van der Waals surface area contributed by atoms with Gasteiger partial charge in [0.05, 0.1) is 17.8 Å². The van der Waals surface area contributed by atoms with Crippen LogP contribution >= 0.6 is 0 Å². The molecule has 0 saturated carbocycles. The molecule has 0 aliphatic carbocycles. The van der Waals surface area contributed by atoms with Gasteiger partial charge in [0.15, 0.2) is 0 Å². The van der Waals surface area contributed by atoms with Gasteiger partial charge in [-0.25, -0.2) is 4.39 Å². The number of nitrogens with zero attached hydrogens (tertiary/aromatic N) is 1. The third kappa shape index (κ3) is 6.61. The van der Waals surface area contributed by atoms with Crippen molar-refractivity contribution in [2.75, 3.05) is 19.0 Å². The number of methoxy groups -OCH3 is 1. The van der Waals surface area contributed by atoms with Crippen molar-refractivity contribution in [3.8, 4) is 5.69 Å². The lowest BCUT2D eigenvalue weighted by Crippen LogP contribution is -2.28. The average molecular weight is 498 g/mol. The predicted octanol–water partition coefficient (Wildman–Crippen LogP) is 8.04. The van der Waals surface area contributed by atoms with E-state index in [0.717, 1.165) is 27.8 Å². The van der Waals surface area contributed by atoms with Crippen LogP contribution in [0.25, 0.3) is 16.6 Å². The molecule has 198 valence electrons. The fourth-order valence-corrected chi connectivity index (χ4v) is 4.14. The van der Waals surface area contributed by atoms with Gasteiger partial charge < -0.3 is 20.0 Å². The molecule has 3 rings (SSSR count). The van der Waals surface area contributed by atoms with Gasteiger partial charge in [0.1, 0.15) is 5.82 Å². The summed E-state index contributed by atoms with van der Waals surface area (Å²) in [5.41, 5.74) is 4.10. The number of carbonyl (C=O) groups excluding carboxylic acids is 1. The molecule has 3 aromatic rings. The maximum Gasteiger partial charge on any atom is 0.229 e. The molecule has 5 nitrogen and oxygen atoms in total. The first-order valence-corrected chi connectivity index (χ1v) is 12.7. The lowest BCUT2D eigenvalue weighted by atomic mass is 9.87. The zero-order valence-electron chi connectivity index (χ0n) is 23.9. The second-order valence-electron chi connectivity index (χ2n) is 9.91. The number of aromatic nitrogens is 1. The Morgan fingerprint density at radius 1 is 1.06 bits per heavy atom. The van der Waals surface area contributed by atoms with Crippen LogP contribution in [0.4, 0.5) is 10.1 Å². The molecule has 0 aliphatic rings. The van der Waals surface area contributed by atoms with Gasteiger partial charge in [0.2, 0.25) is 5.91 Å². The number of amides is 1. The van der Waals surface area contributed by atoms with E-state index in [-0.39, 0.29) is 17.1 Å². The largest absolute Gasteiger partial charge is 0.384 e. The fraction of sp³-hybridized carbons (Fsp3) is 0.467. The highest BCUT2D eigenvalue weighted by molar-refractivity contribution is 6.04. The van der Waals surface area contributed by atoms with Gasteiger partial charge in [0.25, 0.3) is 0 Å². The predicted molar refractivity (Wildman–Crippen MR) is 152 cm³/mol. The molecule has 6 heteroatoms. The van der Waals surface area contributed by atoms with Crippen LogP contribution in [0.2, 0.25) is 0 Å². The number of carbonyl (C=O) groups is 1. The molecule has 0 unspecified atom stereocenters. The average Bonchev–Trinajstić information content (AvgIpc) is 3.13. The summed E-state index contributed by atoms with van der Waals surface area (Å²) in [7, 11) is 1.68. The zero-order chi connectivity index (χ0) is 27.8. The summed E-state index contributed by atoms with van der Waals surface area (Å²) in [6, 6.07) is 10.2. The molecular weight excluding hydrogens is 453 g/mol. The Morgan fingerprint density at radius 2 is 1.61 bits per heavy atom. The number of nitrogens with one attached hydrogen (secondary N) is 2. The van der Waals surface area contributed by atoms with Crippen LogP contribution in [0, 0.1) is 23.6 Å². The Hall–Kier alpha value is -2.99. The zero-order valence-corrected chi connectivity index (χ0v) is 23.9. The van der Waals surface area contributed by atoms with Crippen LogP contribution in [-0.2, 0) is 14.9 Å². The first-order valence-electron chi connectivity index (χ1n) is 12.7. The van der Waals surface area contributed by atoms with Crippen molar-refractivity contribution in [2.45, 2.75) is 74.7 Å². The van der Waals surface area contributed by atoms with E-state index in [0.29, 0.717) is 17.9 Å². The summed E-state index contributed by atoms with van der Waals surface area (Å²) in [5, 5.41) is 11.9. The maximum atomic E-state index is 13.7. The topological polar surface area (TPSA) is 67.1 Å². The fourth-order valence-electron chi connectivity index (χ4n) is 4.14. The number of halogens is 1. The molecule has 0 atom stereocenters. The van der Waals surface area contributed by atoms with Crippen LogP contribution in [0.1, 0.15) is 79.1 Å². The highest BCUT2D eigenvalue weighted by Gasteiger charge is 2.30. The second kappa shape index (κ2) is 12.8. The van der Waals surface area contributed by atoms with Crippen LogP contribution in [0.3, 0.4) is 0 Å². The van der Waals surface area contributed by atoms with Gasteiger partial charge >= 0.3 is 0 Å². The minimum atomic E-state index is -0.561. The number of rotatable bonds is 6. The SMILES string of the molecule is CC.CC.COCC(C)(C)c1c(C)c2cc(NC(=O)C(C)(C)C)c(C=N)cc2n1-c1ccc(F)cc1. The summed E-state index contributed by atoms with van der Waals surface area (Å²) in [6.45, 7) is 20.3.